The van der Waals surface area contributed by atoms with E-state index in [-0.39, 0.29) is 12.1 Å². The molecule has 5 heteroatoms. The molecule has 190 valence electrons. The molecule has 2 N–H and O–H groups in total. The van der Waals surface area contributed by atoms with Crippen LogP contribution in [-0.4, -0.2) is 31.8 Å². The second-order valence-electron chi connectivity index (χ2n) is 9.39. The number of aryl methyl sites for hydroxylation is 1. The van der Waals surface area contributed by atoms with E-state index >= 15 is 0 Å². The number of likely N-dealkylation sites (N-methyl/N-ethyl adjacent to an activating group) is 1. The van der Waals surface area contributed by atoms with E-state index in [1.54, 1.807) is 0 Å². The Hall–Kier alpha value is -3.47. The van der Waals surface area contributed by atoms with Gasteiger partial charge in [0.05, 0.1) is 12.2 Å². The third-order valence-electron chi connectivity index (χ3n) is 6.69. The quantitative estimate of drug-likeness (QED) is 0.286. The number of rotatable bonds is 10. The lowest BCUT2D eigenvalue weighted by Crippen LogP contribution is -2.29. The predicted molar refractivity (Wildman–Crippen MR) is 148 cm³/mol. The molecule has 0 fully saturated rings. The number of esters is 1. The molecule has 1 aliphatic heterocycles. The predicted octanol–water partition coefficient (Wildman–Crippen LogP) is 6.79. The van der Waals surface area contributed by atoms with Crippen molar-refractivity contribution in [2.24, 2.45) is 0 Å². The van der Waals surface area contributed by atoms with Gasteiger partial charge in [-0.05, 0) is 75.1 Å². The first-order valence-electron chi connectivity index (χ1n) is 13.2. The average Bonchev–Trinajstić information content (AvgIpc) is 2.87. The van der Waals surface area contributed by atoms with E-state index < -0.39 is 0 Å². The molecule has 4 rings (SSSR count). The number of nitrogens with one attached hydrogen (secondary N) is 2. The number of allylic oxidation sites excluding steroid dienone is 1. The summed E-state index contributed by atoms with van der Waals surface area (Å²) in [5, 5.41) is 6.90. The van der Waals surface area contributed by atoms with Crippen LogP contribution in [0.25, 0.3) is 5.57 Å². The molecular formula is C31H38N2O3. The maximum atomic E-state index is 13.2. The van der Waals surface area contributed by atoms with Crippen molar-refractivity contribution in [3.8, 4) is 5.75 Å². The standard InChI is InChI=1S/C31H38N2O3/c1-6-9-12-15-35-31(34)23-14-11-10-13-22(23)30-24-16-20(4)26(32-7-2)18-28(24)36-29-19-27(33-8-3)21(5)17-25(29)30/h10-11,13-14,16-19,28,32-33H,6-9,12,15H2,1-5H3. The van der Waals surface area contributed by atoms with Crippen LogP contribution in [-0.2, 0) is 4.74 Å². The third kappa shape index (κ3) is 5.20. The first-order valence-corrected chi connectivity index (χ1v) is 13.2. The summed E-state index contributed by atoms with van der Waals surface area (Å²) in [6, 6.07) is 12.0. The fourth-order valence-corrected chi connectivity index (χ4v) is 4.89. The van der Waals surface area contributed by atoms with Gasteiger partial charge < -0.3 is 20.1 Å². The van der Waals surface area contributed by atoms with Gasteiger partial charge in [0.15, 0.2) is 0 Å². The van der Waals surface area contributed by atoms with Crippen molar-refractivity contribution in [3.63, 3.8) is 0 Å². The lowest BCUT2D eigenvalue weighted by Gasteiger charge is -2.33. The van der Waals surface area contributed by atoms with E-state index in [9.17, 15) is 4.79 Å². The van der Waals surface area contributed by atoms with Gasteiger partial charge in [0.2, 0.25) is 0 Å². The van der Waals surface area contributed by atoms with Gasteiger partial charge in [0, 0.05) is 47.2 Å². The van der Waals surface area contributed by atoms with Gasteiger partial charge >= 0.3 is 5.97 Å². The summed E-state index contributed by atoms with van der Waals surface area (Å²) in [5.74, 6) is 0.534. The number of benzene rings is 2. The first-order chi connectivity index (χ1) is 17.5. The van der Waals surface area contributed by atoms with Gasteiger partial charge in [-0.1, -0.05) is 38.0 Å². The van der Waals surface area contributed by atoms with Crippen LogP contribution in [0, 0.1) is 6.92 Å². The summed E-state index contributed by atoms with van der Waals surface area (Å²) < 4.78 is 12.3. The maximum Gasteiger partial charge on any atom is 0.338 e. The second kappa shape index (κ2) is 11.5. The molecule has 0 aromatic heterocycles. The zero-order valence-electron chi connectivity index (χ0n) is 22.2. The fraction of sp³-hybridized carbons (Fsp3) is 0.387. The maximum absolute atomic E-state index is 13.2. The van der Waals surface area contributed by atoms with Crippen LogP contribution < -0.4 is 15.4 Å². The topological polar surface area (TPSA) is 59.6 Å². The van der Waals surface area contributed by atoms with Gasteiger partial charge in [-0.3, -0.25) is 0 Å². The van der Waals surface area contributed by atoms with Crippen molar-refractivity contribution in [3.05, 3.63) is 87.6 Å². The van der Waals surface area contributed by atoms with Crippen molar-refractivity contribution >= 4 is 17.2 Å². The van der Waals surface area contributed by atoms with Gasteiger partial charge in [-0.15, -0.1) is 0 Å². The smallest absolute Gasteiger partial charge is 0.338 e. The highest BCUT2D eigenvalue weighted by Crippen LogP contribution is 2.45. The molecule has 0 radical (unpaired) electrons. The van der Waals surface area contributed by atoms with Crippen molar-refractivity contribution in [2.45, 2.75) is 60.0 Å². The highest BCUT2D eigenvalue weighted by Gasteiger charge is 2.32. The number of ether oxygens (including phenoxy) is 2. The van der Waals surface area contributed by atoms with Crippen LogP contribution in [0.4, 0.5) is 5.69 Å². The number of hydrogen-bond donors (Lipinski definition) is 2. The molecule has 2 aromatic rings. The molecule has 0 spiro atoms. The van der Waals surface area contributed by atoms with Gasteiger partial charge in [-0.2, -0.15) is 0 Å². The summed E-state index contributed by atoms with van der Waals surface area (Å²) in [7, 11) is 0. The summed E-state index contributed by atoms with van der Waals surface area (Å²) in [4.78, 5) is 13.2. The van der Waals surface area contributed by atoms with Crippen molar-refractivity contribution in [1.29, 1.82) is 0 Å². The number of hydrogen-bond acceptors (Lipinski definition) is 5. The Kier molecular flexibility index (Phi) is 8.19. The Labute approximate surface area is 215 Å². The van der Waals surface area contributed by atoms with Crippen molar-refractivity contribution in [2.75, 3.05) is 25.0 Å². The van der Waals surface area contributed by atoms with E-state index in [4.69, 9.17) is 9.47 Å². The number of fused-ring (bicyclic) bond motifs is 2. The number of unbranched alkanes of at least 4 members (excludes halogenated alkanes) is 2. The molecule has 1 aliphatic carbocycles. The van der Waals surface area contributed by atoms with Crippen molar-refractivity contribution in [1.82, 2.24) is 5.32 Å². The van der Waals surface area contributed by atoms with Crippen LogP contribution in [0.15, 0.2) is 65.4 Å². The molecule has 1 heterocycles. The molecule has 5 nitrogen and oxygen atoms in total. The Morgan fingerprint density at radius 1 is 1.00 bits per heavy atom. The van der Waals surface area contributed by atoms with Gasteiger partial charge in [0.1, 0.15) is 11.9 Å². The Balaban J connectivity index is 1.87. The highest BCUT2D eigenvalue weighted by molar-refractivity contribution is 6.01. The molecular weight excluding hydrogens is 448 g/mol. The van der Waals surface area contributed by atoms with E-state index in [1.807, 2.05) is 24.3 Å². The zero-order valence-corrected chi connectivity index (χ0v) is 22.2. The number of carbonyl (C=O) groups is 1. The molecule has 1 atom stereocenters. The fourth-order valence-electron chi connectivity index (χ4n) is 4.89. The SMILES string of the molecule is CCCCCOC(=O)c1ccccc1C1=C2C=C(C)C(NCC)=CC2Oc2cc(NCC)c(C)cc21. The molecule has 0 bridgehead atoms. The average molecular weight is 487 g/mol. The molecule has 1 unspecified atom stereocenters. The summed E-state index contributed by atoms with van der Waals surface area (Å²) >= 11 is 0. The lowest BCUT2D eigenvalue weighted by molar-refractivity contribution is 0.0497. The molecule has 0 amide bonds. The number of carbonyl (C=O) groups excluding carboxylic acids is 1. The van der Waals surface area contributed by atoms with Crippen LogP contribution in [0.1, 0.15) is 74.0 Å². The Morgan fingerprint density at radius 2 is 1.78 bits per heavy atom. The van der Waals surface area contributed by atoms with Gasteiger partial charge in [0.25, 0.3) is 0 Å². The Morgan fingerprint density at radius 3 is 2.53 bits per heavy atom. The third-order valence-corrected chi connectivity index (χ3v) is 6.69. The normalized spacial score (nSPS) is 16.3. The minimum absolute atomic E-state index is 0.254. The summed E-state index contributed by atoms with van der Waals surface area (Å²) in [5.41, 5.74) is 8.97. The Bertz CT molecular complexity index is 1220. The van der Waals surface area contributed by atoms with E-state index in [1.165, 1.54) is 0 Å². The minimum atomic E-state index is -0.277. The second-order valence-corrected chi connectivity index (χ2v) is 9.39. The van der Waals surface area contributed by atoms with E-state index in [2.05, 4.69) is 69.5 Å². The minimum Gasteiger partial charge on any atom is -0.481 e. The first kappa shape index (κ1) is 25.6. The van der Waals surface area contributed by atoms with Crippen LogP contribution in [0.5, 0.6) is 5.75 Å². The molecule has 2 aromatic carbocycles. The molecule has 36 heavy (non-hydrogen) atoms. The number of anilines is 1. The van der Waals surface area contributed by atoms with E-state index in [0.717, 1.165) is 82.9 Å². The van der Waals surface area contributed by atoms with Crippen LogP contribution >= 0.6 is 0 Å². The van der Waals surface area contributed by atoms with Crippen molar-refractivity contribution < 1.29 is 14.3 Å². The summed E-state index contributed by atoms with van der Waals surface area (Å²) in [6.45, 7) is 12.6. The lowest BCUT2D eigenvalue weighted by atomic mass is 9.82. The van der Waals surface area contributed by atoms with E-state index in [0.29, 0.717) is 12.2 Å². The largest absolute Gasteiger partial charge is 0.481 e. The van der Waals surface area contributed by atoms with Crippen LogP contribution in [0.3, 0.4) is 0 Å². The zero-order chi connectivity index (χ0) is 25.7. The molecule has 2 aliphatic rings. The molecule has 0 saturated heterocycles. The summed E-state index contributed by atoms with van der Waals surface area (Å²) in [6.07, 6.45) is 7.10. The highest BCUT2D eigenvalue weighted by atomic mass is 16.5. The van der Waals surface area contributed by atoms with Crippen LogP contribution in [0.2, 0.25) is 0 Å². The molecule has 0 saturated carbocycles. The monoisotopic (exact) mass is 486 g/mol. The van der Waals surface area contributed by atoms with Gasteiger partial charge in [-0.25, -0.2) is 4.79 Å².